The molecule has 0 spiro atoms. The Hall–Kier alpha value is -0.870. The van der Waals surface area contributed by atoms with Crippen LogP contribution in [0.3, 0.4) is 0 Å². The highest BCUT2D eigenvalue weighted by Gasteiger charge is 2.39. The summed E-state index contributed by atoms with van der Waals surface area (Å²) in [5.74, 6) is 0. The topological polar surface area (TPSA) is 33.1 Å². The van der Waals surface area contributed by atoms with E-state index in [4.69, 9.17) is 0 Å². The van der Waals surface area contributed by atoms with E-state index in [1.54, 1.807) is 0 Å². The van der Waals surface area contributed by atoms with Crippen molar-refractivity contribution in [3.63, 3.8) is 0 Å². The van der Waals surface area contributed by atoms with Gasteiger partial charge in [0.2, 0.25) is 0 Å². The van der Waals surface area contributed by atoms with Crippen LogP contribution in [-0.4, -0.2) is 40.1 Å². The highest BCUT2D eigenvalue weighted by molar-refractivity contribution is 5.11. The van der Waals surface area contributed by atoms with E-state index < -0.39 is 0 Å². The van der Waals surface area contributed by atoms with Crippen molar-refractivity contribution in [2.75, 3.05) is 19.6 Å². The maximum Gasteiger partial charge on any atom is 0.0951 e. The van der Waals surface area contributed by atoms with Crippen LogP contribution in [0.2, 0.25) is 0 Å². The molecule has 1 aromatic heterocycles. The molecule has 1 aromatic rings. The summed E-state index contributed by atoms with van der Waals surface area (Å²) >= 11 is 0. The summed E-state index contributed by atoms with van der Waals surface area (Å²) in [4.78, 5) is 7.11. The van der Waals surface area contributed by atoms with Crippen LogP contribution in [0.5, 0.6) is 0 Å². The zero-order chi connectivity index (χ0) is 11.9. The minimum absolute atomic E-state index is 0.544. The van der Waals surface area contributed by atoms with Crippen molar-refractivity contribution >= 4 is 0 Å². The molecule has 2 unspecified atom stereocenters. The van der Waals surface area contributed by atoms with E-state index in [9.17, 15) is 0 Å². The largest absolute Gasteiger partial charge is 0.328 e. The lowest BCUT2D eigenvalue weighted by Crippen LogP contribution is -2.29. The number of nitrogens with one attached hydrogen (secondary N) is 1. The molecule has 4 rings (SSSR count). The molecule has 0 bridgehead atoms. The Labute approximate surface area is 108 Å². The number of rotatable bonds is 2. The molecule has 0 amide bonds. The molecular weight excluding hydrogens is 224 g/mol. The predicted molar refractivity (Wildman–Crippen MR) is 70.5 cm³/mol. The average Bonchev–Trinajstić information content (AvgIpc) is 3.13. The van der Waals surface area contributed by atoms with Gasteiger partial charge >= 0.3 is 0 Å². The molecule has 18 heavy (non-hydrogen) atoms. The second kappa shape index (κ2) is 4.35. The molecule has 3 atom stereocenters. The Morgan fingerprint density at radius 1 is 1.11 bits per heavy atom. The second-order valence-electron chi connectivity index (χ2n) is 5.98. The molecular formula is C14H22N4. The maximum absolute atomic E-state index is 4.43. The van der Waals surface area contributed by atoms with Gasteiger partial charge in [-0.25, -0.2) is 4.98 Å². The minimum Gasteiger partial charge on any atom is -0.328 e. The molecule has 98 valence electrons. The van der Waals surface area contributed by atoms with Gasteiger partial charge in [0.1, 0.15) is 0 Å². The van der Waals surface area contributed by atoms with Gasteiger partial charge in [0.25, 0.3) is 0 Å². The molecule has 4 nitrogen and oxygen atoms in total. The Balaban J connectivity index is 1.62. The lowest BCUT2D eigenvalue weighted by molar-refractivity contribution is 0.286. The third kappa shape index (κ3) is 1.62. The number of imidazole rings is 1. The fraction of sp³-hybridized carbons (Fsp3) is 0.786. The van der Waals surface area contributed by atoms with Crippen LogP contribution >= 0.6 is 0 Å². The smallest absolute Gasteiger partial charge is 0.0951 e. The number of hydrogen-bond acceptors (Lipinski definition) is 3. The monoisotopic (exact) mass is 246 g/mol. The second-order valence-corrected chi connectivity index (χ2v) is 5.98. The van der Waals surface area contributed by atoms with Crippen LogP contribution in [0.1, 0.15) is 49.9 Å². The van der Waals surface area contributed by atoms with E-state index in [0.717, 1.165) is 12.6 Å². The van der Waals surface area contributed by atoms with Crippen molar-refractivity contribution in [1.82, 2.24) is 19.8 Å². The van der Waals surface area contributed by atoms with Crippen LogP contribution < -0.4 is 5.32 Å². The molecule has 0 aromatic carbocycles. The fourth-order valence-electron chi connectivity index (χ4n) is 4.18. The van der Waals surface area contributed by atoms with Crippen LogP contribution in [0, 0.1) is 0 Å². The van der Waals surface area contributed by atoms with E-state index in [0.29, 0.717) is 12.1 Å². The first-order valence-corrected chi connectivity index (χ1v) is 7.42. The van der Waals surface area contributed by atoms with Crippen molar-refractivity contribution in [3.8, 4) is 0 Å². The quantitative estimate of drug-likeness (QED) is 0.862. The summed E-state index contributed by atoms with van der Waals surface area (Å²) in [5, 5.41) is 3.61. The number of aromatic nitrogens is 2. The summed E-state index contributed by atoms with van der Waals surface area (Å²) in [5.41, 5.74) is 1.42. The summed E-state index contributed by atoms with van der Waals surface area (Å²) in [6.45, 7) is 3.76. The van der Waals surface area contributed by atoms with Gasteiger partial charge in [0.15, 0.2) is 0 Å². The van der Waals surface area contributed by atoms with Gasteiger partial charge < -0.3 is 9.88 Å². The molecule has 0 aliphatic carbocycles. The lowest BCUT2D eigenvalue weighted by Gasteiger charge is -2.24. The van der Waals surface area contributed by atoms with E-state index in [2.05, 4.69) is 32.3 Å². The third-order valence-corrected chi connectivity index (χ3v) is 5.04. The Morgan fingerprint density at radius 3 is 3.00 bits per heavy atom. The molecule has 3 aliphatic heterocycles. The molecule has 0 radical (unpaired) electrons. The molecule has 0 saturated carbocycles. The van der Waals surface area contributed by atoms with E-state index >= 15 is 0 Å². The first-order valence-electron chi connectivity index (χ1n) is 7.42. The average molecular weight is 246 g/mol. The SMILES string of the molecule is c1ncn(C2CCN3CCCC23)c1[C@@H]1CCCN1. The molecule has 3 aliphatic rings. The number of hydrogen-bond donors (Lipinski definition) is 1. The lowest BCUT2D eigenvalue weighted by atomic mass is 10.0. The highest BCUT2D eigenvalue weighted by atomic mass is 15.3. The van der Waals surface area contributed by atoms with Crippen molar-refractivity contribution in [3.05, 3.63) is 18.2 Å². The van der Waals surface area contributed by atoms with Crippen LogP contribution in [0.15, 0.2) is 12.5 Å². The molecule has 3 fully saturated rings. The van der Waals surface area contributed by atoms with Gasteiger partial charge in [0.05, 0.1) is 18.1 Å². The minimum atomic E-state index is 0.544. The maximum atomic E-state index is 4.43. The highest BCUT2D eigenvalue weighted by Crippen LogP contribution is 2.38. The van der Waals surface area contributed by atoms with Crippen molar-refractivity contribution in [1.29, 1.82) is 0 Å². The van der Waals surface area contributed by atoms with E-state index in [1.807, 2.05) is 0 Å². The van der Waals surface area contributed by atoms with E-state index in [-0.39, 0.29) is 0 Å². The van der Waals surface area contributed by atoms with Crippen molar-refractivity contribution < 1.29 is 0 Å². The number of nitrogens with zero attached hydrogens (tertiary/aromatic N) is 3. The van der Waals surface area contributed by atoms with E-state index in [1.165, 1.54) is 50.9 Å². The summed E-state index contributed by atoms with van der Waals surface area (Å²) < 4.78 is 2.49. The van der Waals surface area contributed by atoms with Gasteiger partial charge in [-0.1, -0.05) is 0 Å². The zero-order valence-corrected chi connectivity index (χ0v) is 10.9. The molecule has 4 heterocycles. The normalized spacial score (nSPS) is 36.3. The first kappa shape index (κ1) is 11.0. The zero-order valence-electron chi connectivity index (χ0n) is 10.9. The Kier molecular flexibility index (Phi) is 2.66. The van der Waals surface area contributed by atoms with Crippen molar-refractivity contribution in [2.24, 2.45) is 0 Å². The third-order valence-electron chi connectivity index (χ3n) is 5.04. The van der Waals surface area contributed by atoms with Gasteiger partial charge in [-0.15, -0.1) is 0 Å². The number of fused-ring (bicyclic) bond motifs is 1. The standard InChI is InChI=1S/C14H22N4/c1-3-11(16-6-1)14-9-15-10-18(14)13-5-8-17-7-2-4-12(13)17/h9-13,16H,1-8H2/t11-,12?,13?/m0/s1. The molecule has 3 saturated heterocycles. The van der Waals surface area contributed by atoms with Gasteiger partial charge in [-0.2, -0.15) is 0 Å². The van der Waals surface area contributed by atoms with Gasteiger partial charge in [0, 0.05) is 24.8 Å². The van der Waals surface area contributed by atoms with Gasteiger partial charge in [-0.05, 0) is 45.2 Å². The Morgan fingerprint density at radius 2 is 2.11 bits per heavy atom. The van der Waals surface area contributed by atoms with Crippen LogP contribution in [-0.2, 0) is 0 Å². The molecule has 1 N–H and O–H groups in total. The van der Waals surface area contributed by atoms with Crippen LogP contribution in [0.4, 0.5) is 0 Å². The van der Waals surface area contributed by atoms with Crippen molar-refractivity contribution in [2.45, 2.75) is 50.2 Å². The fourth-order valence-corrected chi connectivity index (χ4v) is 4.18. The predicted octanol–water partition coefficient (Wildman–Crippen LogP) is 1.72. The van der Waals surface area contributed by atoms with Crippen LogP contribution in [0.25, 0.3) is 0 Å². The van der Waals surface area contributed by atoms with Gasteiger partial charge in [-0.3, -0.25) is 4.90 Å². The summed E-state index contributed by atoms with van der Waals surface area (Å²) in [6.07, 6.45) is 10.8. The summed E-state index contributed by atoms with van der Waals surface area (Å²) in [6, 6.07) is 2.00. The molecule has 4 heteroatoms. The Bertz CT molecular complexity index is 421. The first-order chi connectivity index (χ1) is 8.93. The summed E-state index contributed by atoms with van der Waals surface area (Å²) in [7, 11) is 0.